The van der Waals surface area contributed by atoms with Gasteiger partial charge in [-0.25, -0.2) is 0 Å². The van der Waals surface area contributed by atoms with Crippen molar-refractivity contribution in [3.8, 4) is 0 Å². The van der Waals surface area contributed by atoms with Crippen molar-refractivity contribution < 1.29 is 13.7 Å². The molecule has 0 saturated carbocycles. The minimum atomic E-state index is -2.99. The van der Waals surface area contributed by atoms with Crippen LogP contribution >= 0.6 is 11.6 Å². The molecule has 1 atom stereocenters. The molecule has 0 aliphatic heterocycles. The van der Waals surface area contributed by atoms with Crippen LogP contribution in [-0.2, 0) is 4.43 Å². The molecule has 1 unspecified atom stereocenters. The Morgan fingerprint density at radius 2 is 2.08 bits per heavy atom. The molecule has 7 heteroatoms. The molecule has 0 fully saturated rings. The third kappa shape index (κ3) is 4.63. The van der Waals surface area contributed by atoms with E-state index in [2.05, 4.69) is 0 Å². The van der Waals surface area contributed by atoms with Crippen molar-refractivity contribution in [2.24, 2.45) is 0 Å². The summed E-state index contributed by atoms with van der Waals surface area (Å²) in [5.41, 5.74) is 0. The first-order chi connectivity index (χ1) is 5.15. The summed E-state index contributed by atoms with van der Waals surface area (Å²) in [4.78, 5) is 8.77. The number of rotatable bonds is 4. The van der Waals surface area contributed by atoms with Gasteiger partial charge in [-0.05, 0) is 19.6 Å². The smallest absolute Gasteiger partial charge is 0.407 e. The highest BCUT2D eigenvalue weighted by Crippen LogP contribution is 2.19. The predicted octanol–water partition coefficient (Wildman–Crippen LogP) is 1.98. The summed E-state index contributed by atoms with van der Waals surface area (Å²) >= 11 is 4.91. The van der Waals surface area contributed by atoms with Gasteiger partial charge in [0.1, 0.15) is 0 Å². The van der Waals surface area contributed by atoms with E-state index in [0.717, 1.165) is 0 Å². The maximum atomic E-state index is 12.7. The second kappa shape index (κ2) is 3.67. The van der Waals surface area contributed by atoms with Gasteiger partial charge in [-0.15, -0.1) is 4.39 Å². The average molecular weight is 216 g/mol. The van der Waals surface area contributed by atoms with E-state index in [9.17, 15) is 14.5 Å². The van der Waals surface area contributed by atoms with Crippen molar-refractivity contribution in [1.82, 2.24) is 0 Å². The third-order valence-corrected chi connectivity index (χ3v) is 2.20. The summed E-state index contributed by atoms with van der Waals surface area (Å²) in [7, 11) is -1.94. The van der Waals surface area contributed by atoms with Crippen LogP contribution in [0.25, 0.3) is 0 Å². The molecule has 0 aromatic heterocycles. The van der Waals surface area contributed by atoms with Crippen LogP contribution in [0.4, 0.5) is 4.39 Å². The second-order valence-corrected chi connectivity index (χ2v) is 8.42. The Kier molecular flexibility index (Phi) is 3.61. The Balaban J connectivity index is 4.01. The van der Waals surface area contributed by atoms with Gasteiger partial charge < -0.3 is 4.43 Å². The first-order valence-corrected chi connectivity index (χ1v) is 7.10. The lowest BCUT2D eigenvalue weighted by atomic mass is 10.7. The molecule has 0 spiro atoms. The number of hydrogen-bond acceptors (Lipinski definition) is 3. The van der Waals surface area contributed by atoms with Gasteiger partial charge in [0.2, 0.25) is 0 Å². The summed E-state index contributed by atoms with van der Waals surface area (Å²) in [6.07, 6.45) is 0. The molecule has 72 valence electrons. The molecule has 0 N–H and O–H groups in total. The molecule has 0 aliphatic rings. The van der Waals surface area contributed by atoms with Gasteiger partial charge >= 0.3 is 5.25 Å². The average Bonchev–Trinajstić information content (AvgIpc) is 1.82. The molecule has 0 aromatic rings. The third-order valence-electron chi connectivity index (χ3n) is 0.946. The fraction of sp³-hybridized carbons (Fsp3) is 1.00. The van der Waals surface area contributed by atoms with Crippen LogP contribution in [0.5, 0.6) is 0 Å². The van der Waals surface area contributed by atoms with E-state index >= 15 is 0 Å². The van der Waals surface area contributed by atoms with Gasteiger partial charge in [0.05, 0.1) is 4.92 Å². The molecule has 0 radical (unpaired) electrons. The number of hydrogen-bond donors (Lipinski definition) is 0. The van der Waals surface area contributed by atoms with Crippen LogP contribution in [0.3, 0.4) is 0 Å². The molecule has 0 aromatic carbocycles. The Labute approximate surface area is 75.9 Å². The molecule has 12 heavy (non-hydrogen) atoms. The molecule has 0 aliphatic carbocycles. The second-order valence-electron chi connectivity index (χ2n) is 3.32. The first kappa shape index (κ1) is 11.8. The monoisotopic (exact) mass is 215 g/mol. The lowest BCUT2D eigenvalue weighted by molar-refractivity contribution is -0.577. The fourth-order valence-corrected chi connectivity index (χ4v) is 1.13. The first-order valence-electron chi connectivity index (χ1n) is 3.31. The van der Waals surface area contributed by atoms with Crippen molar-refractivity contribution in [2.45, 2.75) is 24.9 Å². The molecule has 0 saturated heterocycles. The van der Waals surface area contributed by atoms with E-state index in [1.165, 1.54) is 0 Å². The Bertz CT molecular complexity index is 182. The van der Waals surface area contributed by atoms with E-state index in [0.29, 0.717) is 0 Å². The molecule has 0 bridgehead atoms. The topological polar surface area (TPSA) is 52.4 Å². The maximum Gasteiger partial charge on any atom is 0.459 e. The van der Waals surface area contributed by atoms with Gasteiger partial charge in [-0.1, -0.05) is 0 Å². The SMILES string of the molecule is C[Si](C)(C)OCC(F)(Cl)[N+](=O)[O-]. The van der Waals surface area contributed by atoms with Gasteiger partial charge in [0, 0.05) is 11.6 Å². The number of halogens is 2. The highest BCUT2D eigenvalue weighted by Gasteiger charge is 2.42. The largest absolute Gasteiger partial charge is 0.459 e. The molecular weight excluding hydrogens is 205 g/mol. The lowest BCUT2D eigenvalue weighted by Gasteiger charge is -2.18. The van der Waals surface area contributed by atoms with Crippen LogP contribution in [-0.4, -0.2) is 25.1 Å². The van der Waals surface area contributed by atoms with Crippen molar-refractivity contribution in [3.05, 3.63) is 10.1 Å². The molecule has 4 nitrogen and oxygen atoms in total. The van der Waals surface area contributed by atoms with Gasteiger partial charge in [0.25, 0.3) is 0 Å². The van der Waals surface area contributed by atoms with Crippen LogP contribution in [0.15, 0.2) is 0 Å². The van der Waals surface area contributed by atoms with Crippen molar-refractivity contribution >= 4 is 19.9 Å². The molecular formula is C5H11ClFNO3Si. The standard InChI is InChI=1S/C5H11ClFNO3Si/c1-12(2,3)11-4-5(6,7)8(9)10/h4H2,1-3H3. The summed E-state index contributed by atoms with van der Waals surface area (Å²) in [6.45, 7) is 4.68. The Morgan fingerprint density at radius 3 is 2.33 bits per heavy atom. The van der Waals surface area contributed by atoms with E-state index in [1.54, 1.807) is 19.6 Å². The summed E-state index contributed by atoms with van der Waals surface area (Å²) in [6, 6.07) is 0. The molecule has 0 rings (SSSR count). The molecule has 0 heterocycles. The lowest BCUT2D eigenvalue weighted by Crippen LogP contribution is -2.38. The van der Waals surface area contributed by atoms with Crippen LogP contribution < -0.4 is 0 Å². The van der Waals surface area contributed by atoms with Crippen LogP contribution in [0.1, 0.15) is 0 Å². The predicted molar refractivity (Wildman–Crippen MR) is 46.0 cm³/mol. The Morgan fingerprint density at radius 1 is 1.67 bits per heavy atom. The summed E-state index contributed by atoms with van der Waals surface area (Å²) < 4.78 is 17.7. The highest BCUT2D eigenvalue weighted by molar-refractivity contribution is 6.69. The zero-order valence-electron chi connectivity index (χ0n) is 7.13. The van der Waals surface area contributed by atoms with Gasteiger partial charge in [-0.3, -0.25) is 10.1 Å². The number of nitro groups is 1. The van der Waals surface area contributed by atoms with Crippen LogP contribution in [0, 0.1) is 10.1 Å². The fourth-order valence-electron chi connectivity index (χ4n) is 0.356. The van der Waals surface area contributed by atoms with E-state index < -0.39 is 25.1 Å². The Hall–Kier alpha value is -0.203. The minimum absolute atomic E-state index is 0.697. The normalized spacial score (nSPS) is 17.1. The van der Waals surface area contributed by atoms with Gasteiger partial charge in [0.15, 0.2) is 14.9 Å². The van der Waals surface area contributed by atoms with Crippen molar-refractivity contribution in [2.75, 3.05) is 6.61 Å². The summed E-state index contributed by atoms with van der Waals surface area (Å²) in [5, 5.41) is 6.99. The van der Waals surface area contributed by atoms with E-state index in [1.807, 2.05) is 0 Å². The van der Waals surface area contributed by atoms with Crippen molar-refractivity contribution in [1.29, 1.82) is 0 Å². The van der Waals surface area contributed by atoms with Crippen molar-refractivity contribution in [3.63, 3.8) is 0 Å². The summed E-state index contributed by atoms with van der Waals surface area (Å²) in [5.74, 6) is 0. The van der Waals surface area contributed by atoms with E-state index in [4.69, 9.17) is 16.0 Å². The minimum Gasteiger partial charge on any atom is -0.407 e. The number of alkyl halides is 2. The van der Waals surface area contributed by atoms with Gasteiger partial charge in [-0.2, -0.15) is 0 Å². The quantitative estimate of drug-likeness (QED) is 0.237. The van der Waals surface area contributed by atoms with E-state index in [-0.39, 0.29) is 0 Å². The maximum absolute atomic E-state index is 12.7. The van der Waals surface area contributed by atoms with Crippen LogP contribution in [0.2, 0.25) is 19.6 Å². The zero-order valence-corrected chi connectivity index (χ0v) is 8.89. The number of nitrogens with zero attached hydrogens (tertiary/aromatic N) is 1. The molecule has 0 amide bonds. The highest BCUT2D eigenvalue weighted by atomic mass is 35.5. The zero-order chi connectivity index (χ0) is 9.99.